The molecule has 10 heteroatoms. The van der Waals surface area contributed by atoms with E-state index in [1.54, 1.807) is 13.0 Å². The molecule has 0 unspecified atom stereocenters. The van der Waals surface area contributed by atoms with Crippen molar-refractivity contribution in [1.82, 2.24) is 14.8 Å². The molecule has 1 aromatic heterocycles. The van der Waals surface area contributed by atoms with Crippen molar-refractivity contribution in [3.05, 3.63) is 58.9 Å². The third-order valence-electron chi connectivity index (χ3n) is 6.06. The van der Waals surface area contributed by atoms with Gasteiger partial charge in [-0.25, -0.2) is 23.5 Å². The van der Waals surface area contributed by atoms with Crippen LogP contribution in [0.2, 0.25) is 0 Å². The summed E-state index contributed by atoms with van der Waals surface area (Å²) in [4.78, 5) is 47.0. The molecule has 4 heterocycles. The largest absolute Gasteiger partial charge is 0.332 e. The minimum atomic E-state index is -0.871. The predicted molar refractivity (Wildman–Crippen MR) is 102 cm³/mol. The van der Waals surface area contributed by atoms with Crippen molar-refractivity contribution >= 4 is 23.5 Å². The molecule has 1 aromatic carbocycles. The number of hydrogen-bond donors (Lipinski definition) is 0. The predicted octanol–water partition coefficient (Wildman–Crippen LogP) is 1.97. The Morgan fingerprint density at radius 1 is 1.19 bits per heavy atom. The molecule has 2 aromatic rings. The van der Waals surface area contributed by atoms with E-state index in [2.05, 4.69) is 4.98 Å². The van der Waals surface area contributed by atoms with Crippen LogP contribution in [0, 0.1) is 29.9 Å². The molecular weight excluding hydrogens is 408 g/mol. The van der Waals surface area contributed by atoms with Gasteiger partial charge in [0, 0.05) is 18.2 Å². The van der Waals surface area contributed by atoms with Gasteiger partial charge in [-0.15, -0.1) is 0 Å². The van der Waals surface area contributed by atoms with Crippen LogP contribution in [0.4, 0.5) is 19.3 Å². The number of benzene rings is 1. The van der Waals surface area contributed by atoms with E-state index < -0.39 is 41.6 Å². The van der Waals surface area contributed by atoms with Gasteiger partial charge in [0.1, 0.15) is 29.4 Å². The molecular formula is C21H15F2N5O3. The van der Waals surface area contributed by atoms with E-state index in [1.165, 1.54) is 16.0 Å². The van der Waals surface area contributed by atoms with Crippen molar-refractivity contribution in [2.45, 2.75) is 31.5 Å². The number of nitriles is 1. The highest BCUT2D eigenvalue weighted by atomic mass is 19.1. The number of amides is 4. The molecule has 2 bridgehead atoms. The van der Waals surface area contributed by atoms with Gasteiger partial charge in [0.05, 0.1) is 24.0 Å². The Bertz CT molecular complexity index is 1190. The SMILES string of the molecule is Cc1cc(N2C(=O)[C@@H]3[C@@H]4C[C@@H](CN4C(=O)c4cc(F)cc(F)c4)N3C2=O)cnc1C#N. The molecule has 31 heavy (non-hydrogen) atoms. The van der Waals surface area contributed by atoms with E-state index in [1.807, 2.05) is 6.07 Å². The lowest BCUT2D eigenvalue weighted by molar-refractivity contribution is -0.121. The Kier molecular flexibility index (Phi) is 4.05. The van der Waals surface area contributed by atoms with Crippen LogP contribution >= 0.6 is 0 Å². The van der Waals surface area contributed by atoms with Crippen molar-refractivity contribution in [3.8, 4) is 6.07 Å². The summed E-state index contributed by atoms with van der Waals surface area (Å²) in [6, 6.07) is 3.74. The standard InChI is InChI=1S/C21H15F2N5O3/c1-10-2-14(8-25-16(10)7-24)28-20(30)18-17-6-15(27(18)21(28)31)9-26(17)19(29)11-3-12(22)5-13(23)4-11/h2-5,8,15,17-18H,6,9H2,1H3/t15-,17-,18-/m0/s1. The van der Waals surface area contributed by atoms with Crippen LogP contribution < -0.4 is 4.90 Å². The molecule has 0 aliphatic carbocycles. The van der Waals surface area contributed by atoms with Gasteiger partial charge in [-0.1, -0.05) is 0 Å². The number of nitrogens with zero attached hydrogens (tertiary/aromatic N) is 5. The molecule has 156 valence electrons. The number of rotatable bonds is 2. The van der Waals surface area contributed by atoms with Crippen LogP contribution in [0.25, 0.3) is 0 Å². The van der Waals surface area contributed by atoms with E-state index in [-0.39, 0.29) is 29.5 Å². The number of anilines is 1. The zero-order valence-electron chi connectivity index (χ0n) is 16.2. The van der Waals surface area contributed by atoms with E-state index in [0.717, 1.165) is 17.0 Å². The summed E-state index contributed by atoms with van der Waals surface area (Å²) in [5, 5.41) is 9.04. The smallest absolute Gasteiger partial charge is 0.331 e. The number of piperazine rings is 1. The molecule has 0 spiro atoms. The zero-order chi connectivity index (χ0) is 22.0. The highest BCUT2D eigenvalue weighted by Crippen LogP contribution is 2.42. The number of imide groups is 1. The summed E-state index contributed by atoms with van der Waals surface area (Å²) in [5.41, 5.74) is 0.839. The minimum absolute atomic E-state index is 0.142. The molecule has 0 N–H and O–H groups in total. The Hall–Kier alpha value is -3.87. The second kappa shape index (κ2) is 6.57. The number of aromatic nitrogens is 1. The Labute approximate surface area is 175 Å². The number of halogens is 2. The van der Waals surface area contributed by atoms with Gasteiger partial charge in [-0.2, -0.15) is 5.26 Å². The number of aryl methyl sites for hydroxylation is 1. The summed E-state index contributed by atoms with van der Waals surface area (Å²) < 4.78 is 27.1. The third kappa shape index (κ3) is 2.70. The Balaban J connectivity index is 1.45. The number of pyridine rings is 1. The minimum Gasteiger partial charge on any atom is -0.331 e. The van der Waals surface area contributed by atoms with Crippen LogP contribution in [-0.4, -0.2) is 57.3 Å². The first-order valence-electron chi connectivity index (χ1n) is 9.60. The van der Waals surface area contributed by atoms with Crippen LogP contribution in [0.5, 0.6) is 0 Å². The van der Waals surface area contributed by atoms with Gasteiger partial charge >= 0.3 is 6.03 Å². The van der Waals surface area contributed by atoms with Crippen LogP contribution in [0.1, 0.15) is 28.0 Å². The molecule has 5 rings (SSSR count). The second-order valence-corrected chi connectivity index (χ2v) is 7.85. The normalized spacial score (nSPS) is 24.1. The van der Waals surface area contributed by atoms with Crippen molar-refractivity contribution in [3.63, 3.8) is 0 Å². The Morgan fingerprint density at radius 2 is 1.90 bits per heavy atom. The third-order valence-corrected chi connectivity index (χ3v) is 6.06. The highest BCUT2D eigenvalue weighted by molar-refractivity contribution is 6.22. The monoisotopic (exact) mass is 423 g/mol. The molecule has 3 saturated heterocycles. The molecule has 8 nitrogen and oxygen atoms in total. The first-order valence-corrected chi connectivity index (χ1v) is 9.60. The van der Waals surface area contributed by atoms with Crippen LogP contribution in [0.3, 0.4) is 0 Å². The lowest BCUT2D eigenvalue weighted by atomic mass is 10.1. The molecule has 4 amide bonds. The maximum atomic E-state index is 13.6. The van der Waals surface area contributed by atoms with E-state index in [4.69, 9.17) is 5.26 Å². The Morgan fingerprint density at radius 3 is 2.55 bits per heavy atom. The van der Waals surface area contributed by atoms with Gasteiger partial charge in [0.15, 0.2) is 0 Å². The number of urea groups is 1. The number of hydrogen-bond acceptors (Lipinski definition) is 5. The van der Waals surface area contributed by atoms with Crippen molar-refractivity contribution < 1.29 is 23.2 Å². The van der Waals surface area contributed by atoms with Gasteiger partial charge in [0.2, 0.25) is 0 Å². The lowest BCUT2D eigenvalue weighted by Gasteiger charge is -2.34. The quantitative estimate of drug-likeness (QED) is 0.688. The van der Waals surface area contributed by atoms with Gasteiger partial charge in [-0.3, -0.25) is 9.59 Å². The summed E-state index contributed by atoms with van der Waals surface area (Å²) >= 11 is 0. The fourth-order valence-corrected chi connectivity index (χ4v) is 4.77. The van der Waals surface area contributed by atoms with E-state index in [9.17, 15) is 23.2 Å². The fraction of sp³-hybridized carbons (Fsp3) is 0.286. The van der Waals surface area contributed by atoms with Gasteiger partial charge in [-0.05, 0) is 37.1 Å². The summed E-state index contributed by atoms with van der Waals surface area (Å²) in [6.07, 6.45) is 1.72. The average molecular weight is 423 g/mol. The zero-order valence-corrected chi connectivity index (χ0v) is 16.2. The van der Waals surface area contributed by atoms with Crippen LogP contribution in [-0.2, 0) is 4.79 Å². The summed E-state index contributed by atoms with van der Waals surface area (Å²) in [7, 11) is 0. The van der Waals surface area contributed by atoms with E-state index in [0.29, 0.717) is 18.1 Å². The van der Waals surface area contributed by atoms with Crippen molar-refractivity contribution in [2.75, 3.05) is 11.4 Å². The molecule has 3 fully saturated rings. The second-order valence-electron chi connectivity index (χ2n) is 7.85. The topological polar surface area (TPSA) is 97.6 Å². The first kappa shape index (κ1) is 19.1. The summed E-state index contributed by atoms with van der Waals surface area (Å²) in [6.45, 7) is 1.83. The van der Waals surface area contributed by atoms with Crippen LogP contribution in [0.15, 0.2) is 30.5 Å². The first-order chi connectivity index (χ1) is 14.8. The average Bonchev–Trinajstić information content (AvgIpc) is 3.38. The number of fused-ring (bicyclic) bond motifs is 5. The highest BCUT2D eigenvalue weighted by Gasteiger charge is 2.63. The summed E-state index contributed by atoms with van der Waals surface area (Å²) in [5.74, 6) is -2.81. The molecule has 0 radical (unpaired) electrons. The molecule has 3 aliphatic heterocycles. The van der Waals surface area contributed by atoms with E-state index >= 15 is 0 Å². The van der Waals surface area contributed by atoms with Gasteiger partial charge < -0.3 is 9.80 Å². The number of carbonyl (C=O) groups excluding carboxylic acids is 3. The van der Waals surface area contributed by atoms with Crippen molar-refractivity contribution in [1.29, 1.82) is 5.26 Å². The molecule has 3 aliphatic rings. The molecule has 3 atom stereocenters. The maximum absolute atomic E-state index is 13.6. The number of likely N-dealkylation sites (tertiary alicyclic amines) is 1. The van der Waals surface area contributed by atoms with Crippen molar-refractivity contribution in [2.24, 2.45) is 0 Å². The maximum Gasteiger partial charge on any atom is 0.332 e. The number of carbonyl (C=O) groups is 3. The fourth-order valence-electron chi connectivity index (χ4n) is 4.77. The van der Waals surface area contributed by atoms with Gasteiger partial charge in [0.25, 0.3) is 11.8 Å². The lowest BCUT2D eigenvalue weighted by Crippen LogP contribution is -2.54. The molecule has 0 saturated carbocycles.